The lowest BCUT2D eigenvalue weighted by atomic mass is 9.98. The van der Waals surface area contributed by atoms with E-state index in [-0.39, 0.29) is 12.1 Å². The van der Waals surface area contributed by atoms with Gasteiger partial charge in [0.05, 0.1) is 11.1 Å². The first-order valence-electron chi connectivity index (χ1n) is 4.74. The molecule has 1 atom stereocenters. The Balaban J connectivity index is 3.65. The van der Waals surface area contributed by atoms with Crippen LogP contribution in [0.2, 0.25) is 0 Å². The van der Waals surface area contributed by atoms with Crippen molar-refractivity contribution in [2.45, 2.75) is 18.5 Å². The zero-order chi connectivity index (χ0) is 15.9. The first-order chi connectivity index (χ1) is 8.85. The highest BCUT2D eigenvalue weighted by molar-refractivity contribution is 9.10. The summed E-state index contributed by atoms with van der Waals surface area (Å²) < 4.78 is 74.8. The number of alkyl halides is 6. The second kappa shape index (κ2) is 5.24. The largest absolute Gasteiger partial charge is 0.479 e. The molecule has 1 aromatic carbocycles. The van der Waals surface area contributed by atoms with Crippen LogP contribution in [0.3, 0.4) is 0 Å². The van der Waals surface area contributed by atoms with E-state index in [9.17, 15) is 31.1 Å². The predicted molar refractivity (Wildman–Crippen MR) is 56.7 cm³/mol. The van der Waals surface area contributed by atoms with Crippen LogP contribution in [0.25, 0.3) is 0 Å². The molecule has 0 amide bonds. The number of carboxylic acids is 1. The second-order valence-electron chi connectivity index (χ2n) is 3.66. The molecule has 1 unspecified atom stereocenters. The van der Waals surface area contributed by atoms with Crippen LogP contribution >= 0.6 is 15.9 Å². The summed E-state index contributed by atoms with van der Waals surface area (Å²) in [6.07, 6.45) is -12.8. The number of aliphatic carboxylic acids is 1. The summed E-state index contributed by atoms with van der Waals surface area (Å²) >= 11 is 2.32. The summed E-state index contributed by atoms with van der Waals surface area (Å²) in [5.41, 5.74) is -4.56. The third-order valence-electron chi connectivity index (χ3n) is 2.26. The van der Waals surface area contributed by atoms with Gasteiger partial charge < -0.3 is 10.2 Å². The van der Waals surface area contributed by atoms with E-state index in [1.54, 1.807) is 0 Å². The lowest BCUT2D eigenvalue weighted by Crippen LogP contribution is -2.20. The van der Waals surface area contributed by atoms with Crippen LogP contribution in [0, 0.1) is 0 Å². The molecule has 0 saturated heterocycles. The summed E-state index contributed by atoms with van der Waals surface area (Å²) in [5.74, 6) is -2.10. The zero-order valence-corrected chi connectivity index (χ0v) is 10.8. The van der Waals surface area contributed by atoms with Crippen LogP contribution in [0.4, 0.5) is 26.3 Å². The Morgan fingerprint density at radius 3 is 1.95 bits per heavy atom. The van der Waals surface area contributed by atoms with Crippen LogP contribution < -0.4 is 0 Å². The summed E-state index contributed by atoms with van der Waals surface area (Å²) in [7, 11) is 0. The maximum absolute atomic E-state index is 12.7. The van der Waals surface area contributed by atoms with Gasteiger partial charge in [-0.1, -0.05) is 15.9 Å². The van der Waals surface area contributed by atoms with Gasteiger partial charge in [-0.15, -0.1) is 0 Å². The van der Waals surface area contributed by atoms with Crippen molar-refractivity contribution in [3.05, 3.63) is 33.3 Å². The SMILES string of the molecule is O=C(O)C(O)c1cc(C(F)(F)F)cc(Br)c1C(F)(F)F. The standard InChI is InChI=1S/C10H5BrF6O3/c11-5-2-3(9(12,13)14)1-4(7(18)8(19)20)6(5)10(15,16)17/h1-2,7,18H,(H,19,20). The lowest BCUT2D eigenvalue weighted by Gasteiger charge is -2.19. The van der Waals surface area contributed by atoms with Crippen molar-refractivity contribution < 1.29 is 41.4 Å². The number of hydrogen-bond acceptors (Lipinski definition) is 2. The third-order valence-corrected chi connectivity index (χ3v) is 2.89. The van der Waals surface area contributed by atoms with Crippen molar-refractivity contribution in [2.75, 3.05) is 0 Å². The number of halogens is 7. The molecule has 0 aliphatic carbocycles. The molecular formula is C10H5BrF6O3. The van der Waals surface area contributed by atoms with E-state index in [1.165, 1.54) is 0 Å². The molecule has 0 heterocycles. The molecule has 0 aliphatic heterocycles. The molecular weight excluding hydrogens is 362 g/mol. The molecule has 0 aliphatic rings. The minimum Gasteiger partial charge on any atom is -0.479 e. The van der Waals surface area contributed by atoms with E-state index < -0.39 is 45.6 Å². The number of hydrogen-bond donors (Lipinski definition) is 2. The molecule has 0 saturated carbocycles. The van der Waals surface area contributed by atoms with E-state index in [0.29, 0.717) is 0 Å². The number of carboxylic acid groups (broad SMARTS) is 1. The lowest BCUT2D eigenvalue weighted by molar-refractivity contribution is -0.150. The van der Waals surface area contributed by atoms with E-state index >= 15 is 0 Å². The first kappa shape index (κ1) is 16.8. The van der Waals surface area contributed by atoms with Gasteiger partial charge in [0.15, 0.2) is 6.10 Å². The first-order valence-corrected chi connectivity index (χ1v) is 5.53. The van der Waals surface area contributed by atoms with Gasteiger partial charge in [0, 0.05) is 10.0 Å². The topological polar surface area (TPSA) is 57.5 Å². The Kier molecular flexibility index (Phi) is 4.39. The van der Waals surface area contributed by atoms with Crippen molar-refractivity contribution in [3.8, 4) is 0 Å². The van der Waals surface area contributed by atoms with E-state index in [4.69, 9.17) is 10.2 Å². The number of aliphatic hydroxyl groups excluding tert-OH is 1. The second-order valence-corrected chi connectivity index (χ2v) is 4.51. The monoisotopic (exact) mass is 366 g/mol. The summed E-state index contributed by atoms with van der Waals surface area (Å²) in [4.78, 5) is 10.5. The van der Waals surface area contributed by atoms with Gasteiger partial charge in [-0.3, -0.25) is 0 Å². The van der Waals surface area contributed by atoms with Crippen molar-refractivity contribution in [2.24, 2.45) is 0 Å². The van der Waals surface area contributed by atoms with Crippen LogP contribution in [-0.2, 0) is 17.1 Å². The molecule has 1 aromatic rings. The predicted octanol–water partition coefficient (Wildman–Crippen LogP) is 3.60. The minimum atomic E-state index is -5.13. The Bertz CT molecular complexity index is 537. The van der Waals surface area contributed by atoms with E-state index in [0.717, 1.165) is 0 Å². The van der Waals surface area contributed by atoms with Gasteiger partial charge >= 0.3 is 18.3 Å². The molecule has 0 radical (unpaired) electrons. The molecule has 0 bridgehead atoms. The quantitative estimate of drug-likeness (QED) is 0.786. The van der Waals surface area contributed by atoms with Crippen LogP contribution in [0.15, 0.2) is 16.6 Å². The van der Waals surface area contributed by atoms with Crippen LogP contribution in [0.1, 0.15) is 22.8 Å². The normalized spacial score (nSPS) is 14.2. The van der Waals surface area contributed by atoms with Gasteiger partial charge in [0.1, 0.15) is 0 Å². The fourth-order valence-corrected chi connectivity index (χ4v) is 2.14. The molecule has 10 heteroatoms. The molecule has 20 heavy (non-hydrogen) atoms. The third kappa shape index (κ3) is 3.42. The highest BCUT2D eigenvalue weighted by Gasteiger charge is 2.41. The van der Waals surface area contributed by atoms with Crippen molar-refractivity contribution in [1.29, 1.82) is 0 Å². The number of rotatable bonds is 2. The summed E-state index contributed by atoms with van der Waals surface area (Å²) in [6.45, 7) is 0. The van der Waals surface area contributed by atoms with E-state index in [1.807, 2.05) is 0 Å². The van der Waals surface area contributed by atoms with Crippen molar-refractivity contribution in [3.63, 3.8) is 0 Å². The summed E-state index contributed by atoms with van der Waals surface area (Å²) in [6, 6.07) is 0.132. The minimum absolute atomic E-state index is 0.0353. The maximum Gasteiger partial charge on any atom is 0.417 e. The van der Waals surface area contributed by atoms with Gasteiger partial charge in [-0.25, -0.2) is 4.79 Å². The molecule has 2 N–H and O–H groups in total. The van der Waals surface area contributed by atoms with Crippen molar-refractivity contribution in [1.82, 2.24) is 0 Å². The molecule has 0 aromatic heterocycles. The zero-order valence-electron chi connectivity index (χ0n) is 9.18. The molecule has 0 fully saturated rings. The van der Waals surface area contributed by atoms with Crippen LogP contribution in [-0.4, -0.2) is 16.2 Å². The number of carbonyl (C=O) groups is 1. The maximum atomic E-state index is 12.7. The highest BCUT2D eigenvalue weighted by Crippen LogP contribution is 2.43. The fourth-order valence-electron chi connectivity index (χ4n) is 1.44. The Labute approximate surface area is 116 Å². The Hall–Kier alpha value is -1.29. The van der Waals surface area contributed by atoms with E-state index in [2.05, 4.69) is 15.9 Å². The molecule has 3 nitrogen and oxygen atoms in total. The molecule has 1 rings (SSSR count). The smallest absolute Gasteiger partial charge is 0.417 e. The highest BCUT2D eigenvalue weighted by atomic mass is 79.9. The molecule has 112 valence electrons. The number of aliphatic hydroxyl groups is 1. The summed E-state index contributed by atoms with van der Waals surface area (Å²) in [5, 5.41) is 17.7. The van der Waals surface area contributed by atoms with Crippen LogP contribution in [0.5, 0.6) is 0 Å². The average Bonchev–Trinajstić information content (AvgIpc) is 2.23. The average molecular weight is 367 g/mol. The Morgan fingerprint density at radius 1 is 1.10 bits per heavy atom. The van der Waals surface area contributed by atoms with Crippen molar-refractivity contribution >= 4 is 21.9 Å². The van der Waals surface area contributed by atoms with Gasteiger partial charge in [-0.2, -0.15) is 26.3 Å². The fraction of sp³-hybridized carbons (Fsp3) is 0.300. The number of benzene rings is 1. The molecule has 0 spiro atoms. The van der Waals surface area contributed by atoms with Gasteiger partial charge in [0.2, 0.25) is 0 Å². The van der Waals surface area contributed by atoms with Gasteiger partial charge in [0.25, 0.3) is 0 Å². The Morgan fingerprint density at radius 2 is 1.60 bits per heavy atom. The van der Waals surface area contributed by atoms with Gasteiger partial charge in [-0.05, 0) is 12.1 Å².